The predicted molar refractivity (Wildman–Crippen MR) is 237 cm³/mol. The van der Waals surface area contributed by atoms with Crippen molar-refractivity contribution in [2.75, 3.05) is 0 Å². The monoisotopic (exact) mass is 1250 g/mol. The fraction of sp³-hybridized carbons (Fsp3) is 0.244. The van der Waals surface area contributed by atoms with Gasteiger partial charge in [-0.2, -0.15) is 39.5 Å². The summed E-state index contributed by atoms with van der Waals surface area (Å²) in [5.74, 6) is -1.08. The van der Waals surface area contributed by atoms with Crippen molar-refractivity contribution in [1.29, 1.82) is 0 Å². The number of pyridine rings is 6. The summed E-state index contributed by atoms with van der Waals surface area (Å²) in [4.78, 5) is 40.0. The summed E-state index contributed by atoms with van der Waals surface area (Å²) >= 11 is 0. The number of carbonyl (C=O) groups is 1. The second-order valence-electron chi connectivity index (χ2n) is 13.4. The molecule has 0 aliphatic rings. The molecule has 6 rings (SSSR count). The molecule has 0 radical (unpaired) electrons. The summed E-state index contributed by atoms with van der Waals surface area (Å²) < 4.78 is 177. The Morgan fingerprint density at radius 1 is 0.403 bits per heavy atom. The molecule has 0 aliphatic carbocycles. The van der Waals surface area contributed by atoms with E-state index in [0.29, 0.717) is 0 Å². The van der Waals surface area contributed by atoms with E-state index in [1.165, 1.54) is 0 Å². The van der Waals surface area contributed by atoms with Crippen LogP contribution in [0.15, 0.2) is 146 Å². The van der Waals surface area contributed by atoms with E-state index in [0.717, 1.165) is 80.4 Å². The first-order valence-electron chi connectivity index (χ1n) is 19.4. The molecule has 0 aliphatic heterocycles. The molecule has 0 bridgehead atoms. The van der Waals surface area contributed by atoms with Crippen LogP contribution < -0.4 is 5.11 Å². The number of aromatic nitrogens is 6. The van der Waals surface area contributed by atoms with Gasteiger partial charge in [-0.25, -0.2) is 25.3 Å². The summed E-state index contributed by atoms with van der Waals surface area (Å²) in [7, 11) is -18.3. The van der Waals surface area contributed by atoms with Crippen LogP contribution in [0.1, 0.15) is 41.1 Å². The number of carboxylic acids is 1. The molecule has 0 spiro atoms. The van der Waals surface area contributed by atoms with E-state index in [2.05, 4.69) is 39.7 Å². The maximum atomic E-state index is 10.7. The number of nitrogens with zero attached hydrogens (tertiary/aromatic N) is 8. The Balaban J connectivity index is -0.000000292. The van der Waals surface area contributed by atoms with E-state index in [1.807, 2.05) is 146 Å². The van der Waals surface area contributed by atoms with Crippen molar-refractivity contribution in [2.45, 2.75) is 62.7 Å². The van der Waals surface area contributed by atoms with Gasteiger partial charge in [0, 0.05) is 82.4 Å². The van der Waals surface area contributed by atoms with Crippen LogP contribution in [-0.2, 0) is 114 Å². The van der Waals surface area contributed by atoms with Crippen LogP contribution in [0, 0.1) is 0 Å². The van der Waals surface area contributed by atoms with E-state index in [1.54, 1.807) is 0 Å². The molecule has 0 aromatic carbocycles. The van der Waals surface area contributed by atoms with Gasteiger partial charge in [-0.05, 0) is 79.7 Å². The number of alkyl halides is 9. The normalized spacial score (nSPS) is 10.8. The van der Waals surface area contributed by atoms with Crippen molar-refractivity contribution in [3.8, 4) is 0 Å². The molecule has 0 fully saturated rings. The second-order valence-corrected chi connectivity index (χ2v) is 17.5. The SMILES string of the molecule is CC(=O)[O-].O.O.O=S(=O)([O-])C(F)(F)F.O=S(=O)([O-])C(F)(F)F.O=S(=O)([O-])C(F)(F)F.[Fe+4].[Fe+4].[O-2].c1ccc(CN(Cc2ccccn2)Cc2ccccn2)nc1.c1ccc(CN(Cc2ccccn2)Cc2ccccn2)nc1. The zero-order valence-electron chi connectivity index (χ0n) is 38.9. The number of aliphatic carboxylic acids is 1. The third-order valence-corrected chi connectivity index (χ3v) is 9.22. The van der Waals surface area contributed by atoms with Gasteiger partial charge in [-0.3, -0.25) is 39.7 Å². The first kappa shape index (κ1) is 80.2. The van der Waals surface area contributed by atoms with Gasteiger partial charge in [0.1, 0.15) is 0 Å². The smallest absolute Gasteiger partial charge is 2.00 e. The van der Waals surface area contributed by atoms with Crippen LogP contribution in [0.25, 0.3) is 0 Å². The Morgan fingerprint density at radius 3 is 0.597 bits per heavy atom. The van der Waals surface area contributed by atoms with Crippen LogP contribution in [0.2, 0.25) is 0 Å². The summed E-state index contributed by atoms with van der Waals surface area (Å²) in [5.41, 5.74) is -10.6. The molecule has 0 saturated carbocycles. The van der Waals surface area contributed by atoms with E-state index < -0.39 is 52.8 Å². The van der Waals surface area contributed by atoms with Crippen molar-refractivity contribution in [3.05, 3.63) is 181 Å². The van der Waals surface area contributed by atoms with Gasteiger partial charge in [-0.1, -0.05) is 36.4 Å². The van der Waals surface area contributed by atoms with Crippen LogP contribution in [0.4, 0.5) is 39.5 Å². The largest absolute Gasteiger partial charge is 4.00 e. The van der Waals surface area contributed by atoms with Gasteiger partial charge in [0.05, 0.1) is 34.2 Å². The molecule has 4 N–H and O–H groups in total. The Bertz CT molecular complexity index is 2380. The van der Waals surface area contributed by atoms with Crippen molar-refractivity contribution in [1.82, 2.24) is 39.7 Å². The molecule has 6 aromatic rings. The van der Waals surface area contributed by atoms with E-state index >= 15 is 0 Å². The van der Waals surface area contributed by atoms with Gasteiger partial charge >= 0.3 is 50.7 Å². The number of halogens is 9. The molecule has 6 heterocycles. The number of hydrogen-bond acceptors (Lipinski definition) is 19. The van der Waals surface area contributed by atoms with E-state index in [4.69, 9.17) is 48.8 Å². The topological polar surface area (TPSA) is 387 Å². The Hall–Kier alpha value is -5.69. The van der Waals surface area contributed by atoms with Gasteiger partial charge in [0.15, 0.2) is 30.4 Å². The average molecular weight is 1250 g/mol. The fourth-order valence-corrected chi connectivity index (χ4v) is 4.66. The quantitative estimate of drug-likeness (QED) is 0.0734. The summed E-state index contributed by atoms with van der Waals surface area (Å²) in [6.07, 6.45) is 11.0. The average Bonchev–Trinajstić information content (AvgIpc) is 3.27. The van der Waals surface area contributed by atoms with E-state index in [-0.39, 0.29) is 50.6 Å². The molecule has 0 saturated heterocycles. The zero-order valence-corrected chi connectivity index (χ0v) is 43.6. The zero-order chi connectivity index (χ0) is 54.7. The van der Waals surface area contributed by atoms with Crippen LogP contribution in [0.3, 0.4) is 0 Å². The van der Waals surface area contributed by atoms with Gasteiger partial charge < -0.3 is 40.0 Å². The Morgan fingerprint density at radius 2 is 0.519 bits per heavy atom. The molecule has 0 atom stereocenters. The summed E-state index contributed by atoms with van der Waals surface area (Å²) in [5, 5.41) is 8.89. The third kappa shape index (κ3) is 37.7. The van der Waals surface area contributed by atoms with Crippen LogP contribution in [0.5, 0.6) is 0 Å². The minimum atomic E-state index is -6.09. The van der Waals surface area contributed by atoms with Crippen molar-refractivity contribution in [2.24, 2.45) is 0 Å². The Kier molecular flexibility index (Phi) is 40.4. The van der Waals surface area contributed by atoms with Gasteiger partial charge in [0.2, 0.25) is 0 Å². The number of hydrogen-bond donors (Lipinski definition) is 0. The van der Waals surface area contributed by atoms with Crippen molar-refractivity contribution in [3.63, 3.8) is 0 Å². The number of carboxylic acid groups (broad SMARTS) is 1. The molecule has 77 heavy (non-hydrogen) atoms. The Labute approximate surface area is 456 Å². The molecule has 36 heteroatoms. The second kappa shape index (κ2) is 38.8. The minimum Gasteiger partial charge on any atom is -2.00 e. The first-order chi connectivity index (χ1) is 33.3. The minimum absolute atomic E-state index is 0. The molecule has 0 amide bonds. The molecule has 426 valence electrons. The van der Waals surface area contributed by atoms with Gasteiger partial charge in [0.25, 0.3) is 0 Å². The first-order valence-corrected chi connectivity index (χ1v) is 23.6. The summed E-state index contributed by atoms with van der Waals surface area (Å²) in [6.45, 7) is 5.60. The van der Waals surface area contributed by atoms with Gasteiger partial charge in [-0.15, -0.1) is 0 Å². The van der Waals surface area contributed by atoms with Crippen LogP contribution >= 0.6 is 0 Å². The summed E-state index contributed by atoms with van der Waals surface area (Å²) in [6, 6.07) is 36.0. The molecule has 22 nitrogen and oxygen atoms in total. The molecule has 6 aromatic heterocycles. The fourth-order valence-electron chi connectivity index (χ4n) is 4.66. The number of carbonyl (C=O) groups excluding carboxylic acids is 1. The molecular weight excluding hydrogens is 1210 g/mol. The molecule has 0 unspecified atom stereocenters. The van der Waals surface area contributed by atoms with E-state index in [9.17, 15) is 39.5 Å². The number of rotatable bonds is 12. The van der Waals surface area contributed by atoms with Crippen LogP contribution in [-0.4, -0.2) is 112 Å². The predicted octanol–water partition coefficient (Wildman–Crippen LogP) is 3.29. The van der Waals surface area contributed by atoms with Crippen molar-refractivity contribution >= 4 is 36.3 Å². The molecular formula is C41H43F9Fe2N8O14S3+2. The maximum absolute atomic E-state index is 10.7. The standard InChI is InChI=1S/2C18H18N4.C2H4O2.3CHF3O3S.2Fe.2H2O.O/c2*1-4-10-19-16(7-1)13-22(14-17-8-2-5-11-20-17)15-18-9-3-6-12-21-18;1-2(3)4;3*2-1(3,4)8(5,6)7;;;;;/h2*1-12H,13-15H2;1H3,(H,3,4);3*(H,5,6,7);;;2*1H2;/q;;;;;;2*+4;;;-2/p-4. The maximum Gasteiger partial charge on any atom is 4.00 e. The third-order valence-electron chi connectivity index (χ3n) is 7.52. The van der Waals surface area contributed by atoms with Crippen molar-refractivity contribution < 1.29 is 139 Å².